The van der Waals surface area contributed by atoms with Gasteiger partial charge in [-0.05, 0) is 54.1 Å². The quantitative estimate of drug-likeness (QED) is 0.492. The lowest BCUT2D eigenvalue weighted by atomic mass is 10.1. The largest absolute Gasteiger partial charge is 0.497 e. The fraction of sp³-hybridized carbons (Fsp3) is 0.136. The van der Waals surface area contributed by atoms with E-state index in [0.29, 0.717) is 6.42 Å². The molecule has 0 radical (unpaired) electrons. The molecule has 130 valence electrons. The molecule has 0 aliphatic heterocycles. The predicted molar refractivity (Wildman–Crippen MR) is 104 cm³/mol. The molecule has 1 heterocycles. The summed E-state index contributed by atoms with van der Waals surface area (Å²) in [6.07, 6.45) is 0.371. The fourth-order valence-electron chi connectivity index (χ4n) is 2.38. The van der Waals surface area contributed by atoms with Crippen LogP contribution in [0.15, 0.2) is 60.7 Å². The number of ketones is 1. The summed E-state index contributed by atoms with van der Waals surface area (Å²) in [6.45, 7) is 0. The number of benzene rings is 2. The zero-order valence-corrected chi connectivity index (χ0v) is 15.4. The van der Waals surface area contributed by atoms with E-state index in [2.05, 4.69) is 11.8 Å². The third-order valence-corrected chi connectivity index (χ3v) is 4.87. The Bertz CT molecular complexity index is 942. The molecule has 0 atom stereocenters. The van der Waals surface area contributed by atoms with Crippen molar-refractivity contribution in [2.24, 2.45) is 0 Å². The van der Waals surface area contributed by atoms with Crippen molar-refractivity contribution in [1.29, 1.82) is 0 Å². The normalized spacial score (nSPS) is 9.92. The number of carbonyl (C=O) groups is 1. The van der Waals surface area contributed by atoms with Crippen LogP contribution in [-0.4, -0.2) is 20.0 Å². The standard InChI is InChI=1S/C22H18O3S/c1-24-18-8-3-16(4-9-18)7-12-20-13-14-22(26-20)21(23)15-17-5-10-19(25-2)11-6-17/h3-6,8-11,13-14H,15H2,1-2H3. The van der Waals surface area contributed by atoms with Gasteiger partial charge in [-0.2, -0.15) is 0 Å². The van der Waals surface area contributed by atoms with Crippen LogP contribution in [0.2, 0.25) is 0 Å². The van der Waals surface area contributed by atoms with Crippen LogP contribution >= 0.6 is 11.3 Å². The number of methoxy groups -OCH3 is 2. The van der Waals surface area contributed by atoms with Gasteiger partial charge in [0, 0.05) is 12.0 Å². The van der Waals surface area contributed by atoms with Crippen molar-refractivity contribution in [3.05, 3.63) is 81.5 Å². The number of hydrogen-bond donors (Lipinski definition) is 0. The van der Waals surface area contributed by atoms with E-state index in [4.69, 9.17) is 9.47 Å². The number of carbonyl (C=O) groups excluding carboxylic acids is 1. The van der Waals surface area contributed by atoms with Crippen LogP contribution in [-0.2, 0) is 6.42 Å². The van der Waals surface area contributed by atoms with Gasteiger partial charge < -0.3 is 9.47 Å². The van der Waals surface area contributed by atoms with Crippen molar-refractivity contribution in [3.63, 3.8) is 0 Å². The maximum absolute atomic E-state index is 12.4. The highest BCUT2D eigenvalue weighted by Crippen LogP contribution is 2.19. The molecule has 0 spiro atoms. The Morgan fingerprint density at radius 2 is 1.46 bits per heavy atom. The van der Waals surface area contributed by atoms with E-state index in [1.165, 1.54) is 11.3 Å². The van der Waals surface area contributed by atoms with Gasteiger partial charge in [0.2, 0.25) is 0 Å². The summed E-state index contributed by atoms with van der Waals surface area (Å²) in [5, 5.41) is 0. The van der Waals surface area contributed by atoms with E-state index < -0.39 is 0 Å². The number of rotatable bonds is 5. The summed E-state index contributed by atoms with van der Waals surface area (Å²) in [5.41, 5.74) is 1.88. The molecular weight excluding hydrogens is 344 g/mol. The van der Waals surface area contributed by atoms with Gasteiger partial charge in [0.1, 0.15) is 11.5 Å². The van der Waals surface area contributed by atoms with Gasteiger partial charge in [-0.1, -0.05) is 24.0 Å². The zero-order valence-electron chi connectivity index (χ0n) is 14.6. The van der Waals surface area contributed by atoms with Crippen LogP contribution < -0.4 is 9.47 Å². The van der Waals surface area contributed by atoms with Gasteiger partial charge in [0.05, 0.1) is 24.0 Å². The summed E-state index contributed by atoms with van der Waals surface area (Å²) in [6, 6.07) is 18.9. The second kappa shape index (κ2) is 8.37. The Balaban J connectivity index is 1.66. The Labute approximate surface area is 157 Å². The first-order valence-corrected chi connectivity index (χ1v) is 8.91. The molecule has 0 saturated heterocycles. The third-order valence-electron chi connectivity index (χ3n) is 3.82. The summed E-state index contributed by atoms with van der Waals surface area (Å²) in [5.74, 6) is 7.90. The van der Waals surface area contributed by atoms with Crippen LogP contribution in [0.1, 0.15) is 25.7 Å². The van der Waals surface area contributed by atoms with Gasteiger partial charge in [-0.25, -0.2) is 0 Å². The van der Waals surface area contributed by atoms with E-state index in [0.717, 1.165) is 32.4 Å². The van der Waals surface area contributed by atoms with Crippen molar-refractivity contribution in [1.82, 2.24) is 0 Å². The molecule has 0 bridgehead atoms. The lowest BCUT2D eigenvalue weighted by Crippen LogP contribution is -2.00. The Hall–Kier alpha value is -3.03. The SMILES string of the molecule is COc1ccc(C#Cc2ccc(C(=O)Cc3ccc(OC)cc3)s2)cc1. The topological polar surface area (TPSA) is 35.5 Å². The molecule has 3 aromatic rings. The second-order valence-corrected chi connectivity index (χ2v) is 6.67. The minimum Gasteiger partial charge on any atom is -0.497 e. The molecule has 0 aliphatic carbocycles. The predicted octanol–water partition coefficient (Wildman–Crippen LogP) is 4.59. The maximum Gasteiger partial charge on any atom is 0.177 e. The highest BCUT2D eigenvalue weighted by molar-refractivity contribution is 7.14. The van der Waals surface area contributed by atoms with Gasteiger partial charge >= 0.3 is 0 Å². The summed E-state index contributed by atoms with van der Waals surface area (Å²) < 4.78 is 10.3. The molecular formula is C22H18O3S. The Morgan fingerprint density at radius 1 is 0.846 bits per heavy atom. The van der Waals surface area contributed by atoms with E-state index >= 15 is 0 Å². The fourth-order valence-corrected chi connectivity index (χ4v) is 3.18. The summed E-state index contributed by atoms with van der Waals surface area (Å²) in [4.78, 5) is 14.0. The van der Waals surface area contributed by atoms with Crippen molar-refractivity contribution < 1.29 is 14.3 Å². The molecule has 26 heavy (non-hydrogen) atoms. The minimum absolute atomic E-state index is 0.0951. The molecule has 3 rings (SSSR count). The average molecular weight is 362 g/mol. The lowest BCUT2D eigenvalue weighted by molar-refractivity contribution is 0.0997. The number of hydrogen-bond acceptors (Lipinski definition) is 4. The van der Waals surface area contributed by atoms with Gasteiger partial charge in [-0.3, -0.25) is 4.79 Å². The van der Waals surface area contributed by atoms with Crippen molar-refractivity contribution >= 4 is 17.1 Å². The van der Waals surface area contributed by atoms with Crippen molar-refractivity contribution in [3.8, 4) is 23.3 Å². The molecule has 2 aromatic carbocycles. The summed E-state index contributed by atoms with van der Waals surface area (Å²) in [7, 11) is 3.26. The third kappa shape index (κ3) is 4.53. The van der Waals surface area contributed by atoms with Crippen molar-refractivity contribution in [2.45, 2.75) is 6.42 Å². The monoisotopic (exact) mass is 362 g/mol. The zero-order chi connectivity index (χ0) is 18.4. The lowest BCUT2D eigenvalue weighted by Gasteiger charge is -2.02. The number of Topliss-reactive ketones (excluding diaryl/α,β-unsaturated/α-hetero) is 1. The first-order valence-electron chi connectivity index (χ1n) is 8.10. The second-order valence-electron chi connectivity index (χ2n) is 5.59. The Kier molecular flexibility index (Phi) is 5.73. The molecule has 0 saturated carbocycles. The van der Waals surface area contributed by atoms with E-state index in [1.807, 2.05) is 60.7 Å². The molecule has 0 unspecified atom stereocenters. The van der Waals surface area contributed by atoms with Crippen LogP contribution in [0.25, 0.3) is 0 Å². The molecule has 1 aromatic heterocycles. The Morgan fingerprint density at radius 3 is 2.08 bits per heavy atom. The van der Waals surface area contributed by atoms with E-state index in [-0.39, 0.29) is 5.78 Å². The molecule has 0 aliphatic rings. The van der Waals surface area contributed by atoms with E-state index in [9.17, 15) is 4.79 Å². The molecule has 0 fully saturated rings. The highest BCUT2D eigenvalue weighted by atomic mass is 32.1. The van der Waals surface area contributed by atoms with Crippen LogP contribution in [0.4, 0.5) is 0 Å². The minimum atomic E-state index is 0.0951. The summed E-state index contributed by atoms with van der Waals surface area (Å²) >= 11 is 1.42. The van der Waals surface area contributed by atoms with Crippen LogP contribution in [0, 0.1) is 11.8 Å². The molecule has 3 nitrogen and oxygen atoms in total. The number of ether oxygens (including phenoxy) is 2. The number of thiophene rings is 1. The molecule has 0 N–H and O–H groups in total. The van der Waals surface area contributed by atoms with Crippen molar-refractivity contribution in [2.75, 3.05) is 14.2 Å². The van der Waals surface area contributed by atoms with Crippen LogP contribution in [0.5, 0.6) is 11.5 Å². The first-order chi connectivity index (χ1) is 12.7. The van der Waals surface area contributed by atoms with Crippen LogP contribution in [0.3, 0.4) is 0 Å². The van der Waals surface area contributed by atoms with E-state index in [1.54, 1.807) is 14.2 Å². The van der Waals surface area contributed by atoms with Gasteiger partial charge in [0.15, 0.2) is 5.78 Å². The molecule has 0 amide bonds. The van der Waals surface area contributed by atoms with Gasteiger partial charge in [0.25, 0.3) is 0 Å². The average Bonchev–Trinajstić information content (AvgIpc) is 3.16. The first kappa shape index (κ1) is 17.8. The maximum atomic E-state index is 12.4. The molecule has 4 heteroatoms. The van der Waals surface area contributed by atoms with Gasteiger partial charge in [-0.15, -0.1) is 11.3 Å². The highest BCUT2D eigenvalue weighted by Gasteiger charge is 2.10. The smallest absolute Gasteiger partial charge is 0.177 e.